The number of aliphatic carboxylic acids is 2. The van der Waals surface area contributed by atoms with Gasteiger partial charge in [-0.3, -0.25) is 14.4 Å². The number of nitrogens with one attached hydrogen (secondary N) is 1. The van der Waals surface area contributed by atoms with Crippen LogP contribution in [0, 0.1) is 0 Å². The molecule has 5 N–H and O–H groups in total. The van der Waals surface area contributed by atoms with Gasteiger partial charge in [-0.05, 0) is 0 Å². The van der Waals surface area contributed by atoms with E-state index in [4.69, 9.17) is 15.9 Å². The van der Waals surface area contributed by atoms with Crippen molar-refractivity contribution in [2.45, 2.75) is 17.7 Å². The fourth-order valence-corrected chi connectivity index (χ4v) is 2.39. The van der Waals surface area contributed by atoms with Gasteiger partial charge >= 0.3 is 17.9 Å². The molecular formula is C11H16N2O8S. The predicted octanol–water partition coefficient (Wildman–Crippen LogP) is -2.17. The van der Waals surface area contributed by atoms with E-state index in [9.17, 15) is 24.0 Å². The molecule has 2 atom stereocenters. The Morgan fingerprint density at radius 2 is 1.82 bits per heavy atom. The van der Waals surface area contributed by atoms with Crippen LogP contribution in [0.3, 0.4) is 0 Å². The Labute approximate surface area is 129 Å². The van der Waals surface area contributed by atoms with Crippen LogP contribution in [0.4, 0.5) is 0 Å². The summed E-state index contributed by atoms with van der Waals surface area (Å²) in [5.74, 6) is -6.12. The third kappa shape index (κ3) is 7.04. The standard InChI is InChI=1S/C11H16N2O8S/c1-21-11(20)7(2-6(14)10(18)19)22-4-5(9(16)17)13-8(15)3-12/h5,7H,2-4,12H2,1H3,(H,13,15)(H,16,17)(H,18,19). The summed E-state index contributed by atoms with van der Waals surface area (Å²) in [6, 6.07) is -1.34. The third-order valence-electron chi connectivity index (χ3n) is 2.36. The second-order valence-electron chi connectivity index (χ2n) is 3.94. The molecule has 0 spiro atoms. The van der Waals surface area contributed by atoms with Crippen molar-refractivity contribution in [2.24, 2.45) is 5.73 Å². The van der Waals surface area contributed by atoms with E-state index < -0.39 is 53.9 Å². The highest BCUT2D eigenvalue weighted by Gasteiger charge is 2.29. The number of esters is 1. The van der Waals surface area contributed by atoms with Crippen LogP contribution in [-0.4, -0.2) is 70.5 Å². The van der Waals surface area contributed by atoms with Gasteiger partial charge in [0.2, 0.25) is 11.7 Å². The fourth-order valence-electron chi connectivity index (χ4n) is 1.24. The Balaban J connectivity index is 4.80. The summed E-state index contributed by atoms with van der Waals surface area (Å²) in [6.07, 6.45) is -0.649. The van der Waals surface area contributed by atoms with Gasteiger partial charge in [0.15, 0.2) is 0 Å². The lowest BCUT2D eigenvalue weighted by atomic mass is 10.2. The van der Waals surface area contributed by atoms with Crippen molar-refractivity contribution >= 4 is 41.4 Å². The molecule has 0 fully saturated rings. The number of ketones is 1. The molecule has 11 heteroatoms. The van der Waals surface area contributed by atoms with Crippen LogP contribution in [0.5, 0.6) is 0 Å². The smallest absolute Gasteiger partial charge is 0.372 e. The average Bonchev–Trinajstić information content (AvgIpc) is 2.47. The first-order valence-electron chi connectivity index (χ1n) is 5.90. The topological polar surface area (TPSA) is 173 Å². The Morgan fingerprint density at radius 3 is 2.23 bits per heavy atom. The molecule has 124 valence electrons. The molecule has 0 aliphatic rings. The van der Waals surface area contributed by atoms with Crippen LogP contribution in [0.1, 0.15) is 6.42 Å². The molecule has 0 aromatic rings. The number of carboxylic acid groups (broad SMARTS) is 2. The quantitative estimate of drug-likeness (QED) is 0.254. The van der Waals surface area contributed by atoms with E-state index in [1.807, 2.05) is 0 Å². The van der Waals surface area contributed by atoms with E-state index in [1.54, 1.807) is 0 Å². The minimum atomic E-state index is -1.71. The zero-order chi connectivity index (χ0) is 17.3. The van der Waals surface area contributed by atoms with Crippen molar-refractivity contribution in [1.82, 2.24) is 5.32 Å². The number of carboxylic acids is 2. The Hall–Kier alpha value is -2.14. The molecule has 0 saturated carbocycles. The van der Waals surface area contributed by atoms with Crippen molar-refractivity contribution in [3.05, 3.63) is 0 Å². The first kappa shape index (κ1) is 19.9. The minimum Gasteiger partial charge on any atom is -0.480 e. The predicted molar refractivity (Wildman–Crippen MR) is 74.1 cm³/mol. The molecule has 22 heavy (non-hydrogen) atoms. The number of amides is 1. The number of carbonyl (C=O) groups is 5. The summed E-state index contributed by atoms with van der Waals surface area (Å²) < 4.78 is 4.43. The first-order valence-corrected chi connectivity index (χ1v) is 6.95. The molecule has 0 aromatic carbocycles. The molecular weight excluding hydrogens is 320 g/mol. The van der Waals surface area contributed by atoms with Gasteiger partial charge in [-0.2, -0.15) is 0 Å². The van der Waals surface area contributed by atoms with E-state index in [1.165, 1.54) is 0 Å². The van der Waals surface area contributed by atoms with Gasteiger partial charge in [0.25, 0.3) is 0 Å². The van der Waals surface area contributed by atoms with Gasteiger partial charge in [-0.25, -0.2) is 9.59 Å². The van der Waals surface area contributed by atoms with E-state index in [0.717, 1.165) is 7.11 Å². The number of ether oxygens (including phenoxy) is 1. The number of hydrogen-bond donors (Lipinski definition) is 4. The second kappa shape index (κ2) is 9.73. The summed E-state index contributed by atoms with van der Waals surface area (Å²) in [4.78, 5) is 55.2. The molecule has 10 nitrogen and oxygen atoms in total. The van der Waals surface area contributed by atoms with Crippen molar-refractivity contribution in [3.63, 3.8) is 0 Å². The molecule has 0 bridgehead atoms. The molecule has 1 amide bonds. The van der Waals surface area contributed by atoms with Crippen molar-refractivity contribution < 1.29 is 38.9 Å². The highest BCUT2D eigenvalue weighted by Crippen LogP contribution is 2.18. The van der Waals surface area contributed by atoms with Crippen LogP contribution < -0.4 is 11.1 Å². The maximum atomic E-state index is 11.5. The number of nitrogens with two attached hydrogens (primary N) is 1. The molecule has 0 aromatic heterocycles. The second-order valence-corrected chi connectivity index (χ2v) is 5.18. The Bertz CT molecular complexity index is 467. The van der Waals surface area contributed by atoms with Gasteiger partial charge in [-0.1, -0.05) is 0 Å². The number of hydrogen-bond acceptors (Lipinski definition) is 8. The number of carbonyl (C=O) groups excluding carboxylic acids is 3. The van der Waals surface area contributed by atoms with Gasteiger partial charge in [0.1, 0.15) is 11.3 Å². The van der Waals surface area contributed by atoms with Crippen LogP contribution >= 0.6 is 11.8 Å². The van der Waals surface area contributed by atoms with Gasteiger partial charge in [-0.15, -0.1) is 11.8 Å². The number of thioether (sulfide) groups is 1. The summed E-state index contributed by atoms with van der Waals surface area (Å²) in [7, 11) is 1.05. The maximum absolute atomic E-state index is 11.5. The summed E-state index contributed by atoms with van der Waals surface area (Å²) in [5, 5.41) is 18.4. The van der Waals surface area contributed by atoms with Crippen LogP contribution in [0.2, 0.25) is 0 Å². The average molecular weight is 336 g/mol. The molecule has 0 heterocycles. The lowest BCUT2D eigenvalue weighted by molar-refractivity contribution is -0.150. The Morgan fingerprint density at radius 1 is 1.23 bits per heavy atom. The van der Waals surface area contributed by atoms with Crippen molar-refractivity contribution in [1.29, 1.82) is 0 Å². The zero-order valence-corrected chi connectivity index (χ0v) is 12.4. The highest BCUT2D eigenvalue weighted by molar-refractivity contribution is 8.00. The number of methoxy groups -OCH3 is 1. The minimum absolute atomic E-state index is 0.270. The highest BCUT2D eigenvalue weighted by atomic mass is 32.2. The van der Waals surface area contributed by atoms with Gasteiger partial charge < -0.3 is 26.0 Å². The molecule has 0 radical (unpaired) electrons. The van der Waals surface area contributed by atoms with Crippen molar-refractivity contribution in [3.8, 4) is 0 Å². The van der Waals surface area contributed by atoms with Crippen LogP contribution in [0.25, 0.3) is 0 Å². The fraction of sp³-hybridized carbons (Fsp3) is 0.545. The molecule has 0 saturated heterocycles. The monoisotopic (exact) mass is 336 g/mol. The SMILES string of the molecule is COC(=O)C(CC(=O)C(=O)O)SCC(NC(=O)CN)C(=O)O. The van der Waals surface area contributed by atoms with Gasteiger partial charge in [0, 0.05) is 12.2 Å². The van der Waals surface area contributed by atoms with E-state index in [0.29, 0.717) is 11.8 Å². The molecule has 0 aliphatic heterocycles. The van der Waals surface area contributed by atoms with Crippen LogP contribution in [0.15, 0.2) is 0 Å². The molecule has 2 unspecified atom stereocenters. The molecule has 0 aliphatic carbocycles. The maximum Gasteiger partial charge on any atom is 0.372 e. The lowest BCUT2D eigenvalue weighted by Gasteiger charge is -2.17. The first-order chi connectivity index (χ1) is 10.2. The zero-order valence-electron chi connectivity index (χ0n) is 11.6. The number of rotatable bonds is 10. The van der Waals surface area contributed by atoms with E-state index in [-0.39, 0.29) is 5.75 Å². The third-order valence-corrected chi connectivity index (χ3v) is 3.64. The number of Topliss-reactive ketones (excluding diaryl/α,β-unsaturated/α-hetero) is 1. The van der Waals surface area contributed by atoms with E-state index in [2.05, 4.69) is 10.1 Å². The van der Waals surface area contributed by atoms with E-state index >= 15 is 0 Å². The Kier molecular flexibility index (Phi) is 8.79. The van der Waals surface area contributed by atoms with Crippen LogP contribution in [-0.2, 0) is 28.7 Å². The molecule has 0 rings (SSSR count). The summed E-state index contributed by atoms with van der Waals surface area (Å²) in [6.45, 7) is -0.410. The summed E-state index contributed by atoms with van der Waals surface area (Å²) >= 11 is 0.694. The normalized spacial score (nSPS) is 12.8. The largest absolute Gasteiger partial charge is 0.480 e. The summed E-state index contributed by atoms with van der Waals surface area (Å²) in [5.41, 5.74) is 5.05. The van der Waals surface area contributed by atoms with Crippen molar-refractivity contribution in [2.75, 3.05) is 19.4 Å². The van der Waals surface area contributed by atoms with Gasteiger partial charge in [0.05, 0.1) is 13.7 Å². The lowest BCUT2D eigenvalue weighted by Crippen LogP contribution is -2.45.